The van der Waals surface area contributed by atoms with Crippen LogP contribution in [-0.2, 0) is 14.3 Å². The third kappa shape index (κ3) is 6.12. The maximum Gasteiger partial charge on any atom is 0.342 e. The molecule has 196 valence electrons. The summed E-state index contributed by atoms with van der Waals surface area (Å²) >= 11 is 0. The Balaban J connectivity index is 1.83. The highest BCUT2D eigenvalue weighted by atomic mass is 16.5. The summed E-state index contributed by atoms with van der Waals surface area (Å²) in [6, 6.07) is 9.97. The summed E-state index contributed by atoms with van der Waals surface area (Å²) < 4.78 is 17.4. The van der Waals surface area contributed by atoms with Gasteiger partial charge in [0.15, 0.2) is 0 Å². The van der Waals surface area contributed by atoms with Crippen LogP contribution in [0, 0.1) is 0 Å². The summed E-state index contributed by atoms with van der Waals surface area (Å²) in [6.45, 7) is 6.12. The molecule has 2 aliphatic rings. The van der Waals surface area contributed by atoms with E-state index in [4.69, 9.17) is 14.2 Å². The molecule has 0 aliphatic carbocycles. The number of esters is 2. The molecule has 2 atom stereocenters. The third-order valence-corrected chi connectivity index (χ3v) is 7.17. The lowest BCUT2D eigenvalue weighted by atomic mass is 9.83. The second-order valence-electron chi connectivity index (χ2n) is 10.3. The van der Waals surface area contributed by atoms with Gasteiger partial charge in [-0.25, -0.2) is 4.79 Å². The van der Waals surface area contributed by atoms with Crippen LogP contribution in [0.15, 0.2) is 36.4 Å². The van der Waals surface area contributed by atoms with E-state index in [0.717, 1.165) is 12.0 Å². The van der Waals surface area contributed by atoms with E-state index in [1.807, 2.05) is 31.2 Å². The minimum Gasteiger partial charge on any atom is -0.495 e. The Kier molecular flexibility index (Phi) is 8.47. The number of ether oxygens (including phenoxy) is 3. The van der Waals surface area contributed by atoms with Crippen LogP contribution in [0.25, 0.3) is 6.08 Å². The molecule has 6 heteroatoms. The van der Waals surface area contributed by atoms with Crippen molar-refractivity contribution in [2.45, 2.75) is 83.7 Å². The normalized spacial score (nSPS) is 21.8. The van der Waals surface area contributed by atoms with Gasteiger partial charge in [-0.1, -0.05) is 50.3 Å². The van der Waals surface area contributed by atoms with Crippen molar-refractivity contribution in [3.63, 3.8) is 0 Å². The van der Waals surface area contributed by atoms with Crippen molar-refractivity contribution in [2.24, 2.45) is 0 Å². The van der Waals surface area contributed by atoms with Gasteiger partial charge in [-0.2, -0.15) is 0 Å². The largest absolute Gasteiger partial charge is 0.495 e. The fourth-order valence-electron chi connectivity index (χ4n) is 5.11. The highest BCUT2D eigenvalue weighted by molar-refractivity contribution is 5.99. The van der Waals surface area contributed by atoms with Gasteiger partial charge in [0.25, 0.3) is 0 Å². The molecule has 0 spiro atoms. The van der Waals surface area contributed by atoms with Crippen molar-refractivity contribution < 1.29 is 28.6 Å². The highest BCUT2D eigenvalue weighted by Crippen LogP contribution is 2.47. The SMILES string of the molecule is COc1c2c(cc3c1[C@H](c1ccc(C(C)C)cc1)CC(=O)O3)/C=C/CCCC(=O)CCC[C@H](C)OC2=O. The molecule has 0 N–H and O–H groups in total. The fraction of sp³-hybridized carbons (Fsp3) is 0.452. The molecule has 4 rings (SSSR count). The van der Waals surface area contributed by atoms with Crippen LogP contribution in [0.3, 0.4) is 0 Å². The van der Waals surface area contributed by atoms with Gasteiger partial charge >= 0.3 is 11.9 Å². The molecule has 0 radical (unpaired) electrons. The molecule has 2 aromatic carbocycles. The second-order valence-corrected chi connectivity index (χ2v) is 10.3. The van der Waals surface area contributed by atoms with Crippen molar-refractivity contribution in [1.82, 2.24) is 0 Å². The van der Waals surface area contributed by atoms with Crippen molar-refractivity contribution in [3.05, 3.63) is 64.2 Å². The van der Waals surface area contributed by atoms with Crippen LogP contribution in [0.2, 0.25) is 0 Å². The zero-order valence-corrected chi connectivity index (χ0v) is 22.2. The number of fused-ring (bicyclic) bond motifs is 2. The number of methoxy groups -OCH3 is 1. The van der Waals surface area contributed by atoms with Crippen LogP contribution >= 0.6 is 0 Å². The average Bonchev–Trinajstić information content (AvgIpc) is 2.86. The predicted molar refractivity (Wildman–Crippen MR) is 142 cm³/mol. The van der Waals surface area contributed by atoms with Gasteiger partial charge in [0.05, 0.1) is 19.6 Å². The number of carbonyl (C=O) groups is 3. The Morgan fingerprint density at radius 3 is 2.46 bits per heavy atom. The first-order valence-corrected chi connectivity index (χ1v) is 13.2. The first kappa shape index (κ1) is 26.6. The minimum absolute atomic E-state index is 0.151. The number of Topliss-reactive ketones (excluding diaryl/α,β-unsaturated/α-hetero) is 1. The molecule has 0 fully saturated rings. The summed E-state index contributed by atoms with van der Waals surface area (Å²) in [5.74, 6) is 0.274. The number of ketones is 1. The zero-order valence-electron chi connectivity index (χ0n) is 22.2. The Morgan fingerprint density at radius 1 is 1.03 bits per heavy atom. The van der Waals surface area contributed by atoms with Crippen molar-refractivity contribution in [1.29, 1.82) is 0 Å². The predicted octanol–water partition coefficient (Wildman–Crippen LogP) is 6.74. The number of hydrogen-bond acceptors (Lipinski definition) is 6. The molecule has 0 bridgehead atoms. The van der Waals surface area contributed by atoms with Crippen molar-refractivity contribution >= 4 is 23.8 Å². The molecule has 0 unspecified atom stereocenters. The number of hydrogen-bond donors (Lipinski definition) is 0. The monoisotopic (exact) mass is 504 g/mol. The Morgan fingerprint density at radius 2 is 1.76 bits per heavy atom. The molecule has 2 heterocycles. The van der Waals surface area contributed by atoms with E-state index in [0.29, 0.717) is 66.2 Å². The van der Waals surface area contributed by atoms with Gasteiger partial charge in [0, 0.05) is 24.3 Å². The van der Waals surface area contributed by atoms with Gasteiger partial charge in [0.2, 0.25) is 0 Å². The first-order chi connectivity index (χ1) is 17.8. The molecule has 2 aromatic rings. The number of carbonyl (C=O) groups excluding carboxylic acids is 3. The Hall–Kier alpha value is -3.41. The van der Waals surface area contributed by atoms with Crippen LogP contribution in [0.4, 0.5) is 0 Å². The van der Waals surface area contributed by atoms with Crippen LogP contribution in [0.5, 0.6) is 11.5 Å². The van der Waals surface area contributed by atoms with Gasteiger partial charge in [-0.05, 0) is 61.3 Å². The maximum atomic E-state index is 13.5. The van der Waals surface area contributed by atoms with Crippen LogP contribution in [0.1, 0.15) is 110 Å². The van der Waals surface area contributed by atoms with Crippen LogP contribution < -0.4 is 9.47 Å². The Labute approximate surface area is 219 Å². The van der Waals surface area contributed by atoms with E-state index < -0.39 is 5.97 Å². The summed E-state index contributed by atoms with van der Waals surface area (Å²) in [5.41, 5.74) is 3.76. The van der Waals surface area contributed by atoms with E-state index in [1.54, 1.807) is 6.07 Å². The van der Waals surface area contributed by atoms with Crippen LogP contribution in [-0.4, -0.2) is 30.9 Å². The third-order valence-electron chi connectivity index (χ3n) is 7.17. The lowest BCUT2D eigenvalue weighted by Crippen LogP contribution is -2.24. The molecule has 0 aromatic heterocycles. The lowest BCUT2D eigenvalue weighted by molar-refractivity contribution is -0.135. The molecule has 0 saturated heterocycles. The lowest BCUT2D eigenvalue weighted by Gasteiger charge is -2.29. The summed E-state index contributed by atoms with van der Waals surface area (Å²) in [7, 11) is 1.53. The molecular formula is C31H36O6. The molecule has 0 amide bonds. The van der Waals surface area contributed by atoms with Gasteiger partial charge in [-0.3, -0.25) is 9.59 Å². The molecule has 37 heavy (non-hydrogen) atoms. The van der Waals surface area contributed by atoms with E-state index in [-0.39, 0.29) is 30.2 Å². The summed E-state index contributed by atoms with van der Waals surface area (Å²) in [6.07, 6.45) is 7.34. The number of rotatable bonds is 3. The van der Waals surface area contributed by atoms with Crippen molar-refractivity contribution in [3.8, 4) is 11.5 Å². The number of allylic oxidation sites excluding steroid dienone is 1. The average molecular weight is 505 g/mol. The number of benzene rings is 2. The molecule has 0 saturated carbocycles. The first-order valence-electron chi connectivity index (χ1n) is 13.2. The standard InChI is InChI=1S/C31H36O6/c1-19(2)21-13-15-22(16-14-21)25-18-27(33)37-26-17-23-10-6-5-7-11-24(32)12-8-9-20(3)36-31(34)28(23)30(35-4)29(25)26/h6,10,13-17,19-20,25H,5,7-9,11-12,18H2,1-4H3/b10-6+/t20-,25-/m0/s1. The minimum atomic E-state index is -0.485. The quantitative estimate of drug-likeness (QED) is 0.340. The van der Waals surface area contributed by atoms with Crippen molar-refractivity contribution in [2.75, 3.05) is 7.11 Å². The number of cyclic esters (lactones) is 1. The van der Waals surface area contributed by atoms with E-state index in [1.165, 1.54) is 12.7 Å². The zero-order chi connectivity index (χ0) is 26.5. The second kappa shape index (κ2) is 11.8. The van der Waals surface area contributed by atoms with Gasteiger partial charge in [-0.15, -0.1) is 0 Å². The fourth-order valence-corrected chi connectivity index (χ4v) is 5.11. The van der Waals surface area contributed by atoms with Gasteiger partial charge in [0.1, 0.15) is 22.8 Å². The Bertz CT molecular complexity index is 1190. The summed E-state index contributed by atoms with van der Waals surface area (Å²) in [5, 5.41) is 0. The van der Waals surface area contributed by atoms with E-state index in [2.05, 4.69) is 26.0 Å². The molecule has 2 aliphatic heterocycles. The van der Waals surface area contributed by atoms with E-state index >= 15 is 0 Å². The van der Waals surface area contributed by atoms with Gasteiger partial charge < -0.3 is 14.2 Å². The smallest absolute Gasteiger partial charge is 0.342 e. The highest BCUT2D eigenvalue weighted by Gasteiger charge is 2.36. The topological polar surface area (TPSA) is 78.9 Å². The molecular weight excluding hydrogens is 468 g/mol. The maximum absolute atomic E-state index is 13.5. The summed E-state index contributed by atoms with van der Waals surface area (Å²) in [4.78, 5) is 38.3. The van der Waals surface area contributed by atoms with E-state index in [9.17, 15) is 14.4 Å². The molecule has 6 nitrogen and oxygen atoms in total.